The van der Waals surface area contributed by atoms with Gasteiger partial charge in [-0.2, -0.15) is 4.98 Å². The van der Waals surface area contributed by atoms with E-state index in [1.165, 1.54) is 12.1 Å². The summed E-state index contributed by atoms with van der Waals surface area (Å²) in [6.07, 6.45) is 4.08. The Morgan fingerprint density at radius 1 is 1.02 bits per heavy atom. The first kappa shape index (κ1) is 26.6. The Kier molecular flexibility index (Phi) is 5.92. The minimum Gasteiger partial charge on any atom is -0.384 e. The highest BCUT2D eigenvalue weighted by molar-refractivity contribution is 5.71. The lowest BCUT2D eigenvalue weighted by atomic mass is 9.73. The van der Waals surface area contributed by atoms with Crippen LogP contribution in [0.5, 0.6) is 0 Å². The fourth-order valence-corrected chi connectivity index (χ4v) is 7.05. The minimum absolute atomic E-state index is 0.0874. The lowest BCUT2D eigenvalue weighted by molar-refractivity contribution is -0.0893. The molecular weight excluding hydrogens is 514 g/mol. The fourth-order valence-electron chi connectivity index (χ4n) is 7.05. The number of pyridine rings is 1. The zero-order chi connectivity index (χ0) is 28.7. The van der Waals surface area contributed by atoms with E-state index >= 15 is 0 Å². The summed E-state index contributed by atoms with van der Waals surface area (Å²) in [6, 6.07) is 15.9. The van der Waals surface area contributed by atoms with Crippen LogP contribution in [-0.4, -0.2) is 75.4 Å². The van der Waals surface area contributed by atoms with Gasteiger partial charge >= 0.3 is 0 Å². The molecule has 5 aliphatic rings. The van der Waals surface area contributed by atoms with Gasteiger partial charge in [0.15, 0.2) is 0 Å². The number of piperidine rings is 1. The second kappa shape index (κ2) is 9.11. The Balaban J connectivity index is 1.20. The zero-order valence-corrected chi connectivity index (χ0v) is 24.9. The van der Waals surface area contributed by atoms with E-state index < -0.39 is 5.60 Å². The predicted octanol–water partition coefficient (Wildman–Crippen LogP) is 4.71. The molecular formula is C32H41N7O2. The highest BCUT2D eigenvalue weighted by atomic mass is 16.5. The molecule has 0 amide bonds. The van der Waals surface area contributed by atoms with E-state index in [2.05, 4.69) is 72.1 Å². The van der Waals surface area contributed by atoms with E-state index in [0.29, 0.717) is 30.3 Å². The summed E-state index contributed by atoms with van der Waals surface area (Å²) >= 11 is 0. The number of nitrogens with zero attached hydrogens (tertiary/aromatic N) is 6. The third-order valence-corrected chi connectivity index (χ3v) is 9.76. The van der Waals surface area contributed by atoms with Crippen molar-refractivity contribution in [1.29, 1.82) is 0 Å². The Morgan fingerprint density at radius 2 is 1.76 bits per heavy atom. The van der Waals surface area contributed by atoms with Gasteiger partial charge < -0.3 is 25.0 Å². The molecule has 2 N–H and O–H groups in total. The van der Waals surface area contributed by atoms with Gasteiger partial charge in [0.1, 0.15) is 17.2 Å². The normalized spacial score (nSPS) is 28.6. The molecule has 3 aromatic rings. The van der Waals surface area contributed by atoms with Crippen molar-refractivity contribution in [2.24, 2.45) is 0 Å². The van der Waals surface area contributed by atoms with E-state index in [9.17, 15) is 5.11 Å². The highest BCUT2D eigenvalue weighted by Crippen LogP contribution is 2.53. The van der Waals surface area contributed by atoms with Gasteiger partial charge in [0.2, 0.25) is 5.95 Å². The molecule has 41 heavy (non-hydrogen) atoms. The quantitative estimate of drug-likeness (QED) is 0.464. The van der Waals surface area contributed by atoms with Crippen molar-refractivity contribution in [1.82, 2.24) is 19.9 Å². The Hall–Kier alpha value is -3.27. The number of benzene rings is 1. The van der Waals surface area contributed by atoms with Crippen molar-refractivity contribution < 1.29 is 9.84 Å². The maximum atomic E-state index is 10.7. The van der Waals surface area contributed by atoms with Crippen LogP contribution in [0.2, 0.25) is 0 Å². The van der Waals surface area contributed by atoms with Crippen LogP contribution in [-0.2, 0) is 15.8 Å². The molecule has 9 nitrogen and oxygen atoms in total. The van der Waals surface area contributed by atoms with Gasteiger partial charge in [0.05, 0.1) is 23.9 Å². The van der Waals surface area contributed by atoms with Crippen molar-refractivity contribution in [2.75, 3.05) is 41.9 Å². The summed E-state index contributed by atoms with van der Waals surface area (Å²) in [4.78, 5) is 22.0. The van der Waals surface area contributed by atoms with Crippen LogP contribution in [0.15, 0.2) is 48.7 Å². The molecule has 0 saturated carbocycles. The van der Waals surface area contributed by atoms with Crippen LogP contribution in [0.1, 0.15) is 58.7 Å². The van der Waals surface area contributed by atoms with Crippen LogP contribution >= 0.6 is 0 Å². The van der Waals surface area contributed by atoms with Crippen LogP contribution in [0.4, 0.5) is 29.0 Å². The number of fused-ring (bicyclic) bond motifs is 5. The Morgan fingerprint density at radius 3 is 2.44 bits per heavy atom. The first-order chi connectivity index (χ1) is 19.4. The van der Waals surface area contributed by atoms with Crippen molar-refractivity contribution in [3.05, 3.63) is 59.9 Å². The van der Waals surface area contributed by atoms with Crippen molar-refractivity contribution in [3.8, 4) is 0 Å². The maximum Gasteiger partial charge on any atom is 0.229 e. The van der Waals surface area contributed by atoms with Gasteiger partial charge in [-0.3, -0.25) is 4.90 Å². The standard InChI is InChI=1S/C32H41N7O2/c1-30(2)15-26-32(5,19-41-30)24-16-33-29(36-28(24)39(26)27-9-7-8-25(35-27)31(3,4)40)34-20-10-12-21(13-11-20)38-17-22-14-23(18-38)37(22)6/h7-13,16,22-23,26,40H,14-15,17-19H2,1-6H3,(H,33,34,36)/t22-,23+,26-,32-/m1/s1. The van der Waals surface area contributed by atoms with Gasteiger partial charge in [0.25, 0.3) is 0 Å². The van der Waals surface area contributed by atoms with E-state index in [1.54, 1.807) is 13.8 Å². The van der Waals surface area contributed by atoms with E-state index in [1.807, 2.05) is 24.4 Å². The Labute approximate surface area is 242 Å². The molecule has 9 heteroatoms. The van der Waals surface area contributed by atoms with Gasteiger partial charge in [-0.05, 0) is 84.0 Å². The molecule has 0 spiro atoms. The number of hydrogen-bond acceptors (Lipinski definition) is 9. The number of aliphatic hydroxyl groups is 1. The molecule has 1 aromatic carbocycles. The van der Waals surface area contributed by atoms with Gasteiger partial charge in [-0.25, -0.2) is 9.97 Å². The van der Waals surface area contributed by atoms with Crippen molar-refractivity contribution in [2.45, 2.75) is 82.2 Å². The number of rotatable bonds is 5. The Bertz CT molecular complexity index is 1460. The smallest absolute Gasteiger partial charge is 0.229 e. The van der Waals surface area contributed by atoms with Crippen LogP contribution in [0.3, 0.4) is 0 Å². The number of aromatic nitrogens is 3. The second-order valence-electron chi connectivity index (χ2n) is 13.7. The van der Waals surface area contributed by atoms with Crippen LogP contribution in [0, 0.1) is 0 Å². The highest BCUT2D eigenvalue weighted by Gasteiger charge is 2.55. The summed E-state index contributed by atoms with van der Waals surface area (Å²) in [5.41, 5.74) is 2.28. The molecule has 7 heterocycles. The monoisotopic (exact) mass is 555 g/mol. The molecule has 0 radical (unpaired) electrons. The third-order valence-electron chi connectivity index (χ3n) is 9.76. The van der Waals surface area contributed by atoms with E-state index in [4.69, 9.17) is 19.7 Å². The molecule has 0 aliphatic carbocycles. The maximum absolute atomic E-state index is 10.7. The molecule has 4 atom stereocenters. The predicted molar refractivity (Wildman–Crippen MR) is 161 cm³/mol. The molecule has 2 aromatic heterocycles. The number of anilines is 5. The summed E-state index contributed by atoms with van der Waals surface area (Å²) in [7, 11) is 2.24. The molecule has 4 fully saturated rings. The topological polar surface area (TPSA) is 89.9 Å². The SMILES string of the molecule is CN1[C@@H]2C[C@H]1CN(c1ccc(Nc3ncc4c(n3)N(c3cccc(C(C)(C)O)n3)[C@@H]3CC(C)(C)OC[C@]43C)cc1)C2. The summed E-state index contributed by atoms with van der Waals surface area (Å²) in [5, 5.41) is 14.2. The second-order valence-corrected chi connectivity index (χ2v) is 13.7. The van der Waals surface area contributed by atoms with Crippen molar-refractivity contribution in [3.63, 3.8) is 0 Å². The number of piperazine rings is 1. The number of likely N-dealkylation sites (N-methyl/N-ethyl adjacent to an activating group) is 1. The average Bonchev–Trinajstić information content (AvgIpc) is 3.19. The molecule has 216 valence electrons. The molecule has 2 bridgehead atoms. The number of ether oxygens (including phenoxy) is 1. The van der Waals surface area contributed by atoms with Crippen molar-refractivity contribution >= 4 is 29.0 Å². The van der Waals surface area contributed by atoms with E-state index in [-0.39, 0.29) is 17.1 Å². The fraction of sp³-hybridized carbons (Fsp3) is 0.531. The first-order valence-corrected chi connectivity index (χ1v) is 14.8. The lowest BCUT2D eigenvalue weighted by Crippen LogP contribution is -2.67. The lowest BCUT2D eigenvalue weighted by Gasteiger charge is -2.55. The first-order valence-electron chi connectivity index (χ1n) is 14.8. The summed E-state index contributed by atoms with van der Waals surface area (Å²) < 4.78 is 6.34. The van der Waals surface area contributed by atoms with Gasteiger partial charge in [-0.15, -0.1) is 0 Å². The number of nitrogens with one attached hydrogen (secondary N) is 1. The van der Waals surface area contributed by atoms with Gasteiger partial charge in [-0.1, -0.05) is 13.0 Å². The summed E-state index contributed by atoms with van der Waals surface area (Å²) in [5.74, 6) is 2.16. The minimum atomic E-state index is -1.05. The average molecular weight is 556 g/mol. The van der Waals surface area contributed by atoms with Gasteiger partial charge in [0, 0.05) is 53.7 Å². The zero-order valence-electron chi connectivity index (χ0n) is 24.9. The van der Waals surface area contributed by atoms with Crippen LogP contribution in [0.25, 0.3) is 0 Å². The largest absolute Gasteiger partial charge is 0.384 e. The van der Waals surface area contributed by atoms with E-state index in [0.717, 1.165) is 42.4 Å². The number of hydrogen-bond donors (Lipinski definition) is 2. The summed E-state index contributed by atoms with van der Waals surface area (Å²) in [6.45, 7) is 12.8. The molecule has 8 rings (SSSR count). The molecule has 4 saturated heterocycles. The third kappa shape index (κ3) is 4.45. The molecule has 0 unspecified atom stereocenters. The molecule has 5 aliphatic heterocycles. The van der Waals surface area contributed by atoms with Crippen LogP contribution < -0.4 is 15.1 Å².